The highest BCUT2D eigenvalue weighted by atomic mass is 16.5. The molecule has 162 valence electrons. The zero-order valence-electron chi connectivity index (χ0n) is 18.3. The van der Waals surface area contributed by atoms with Gasteiger partial charge in [0.25, 0.3) is 0 Å². The van der Waals surface area contributed by atoms with Gasteiger partial charge in [-0.2, -0.15) is 0 Å². The van der Waals surface area contributed by atoms with Gasteiger partial charge in [-0.25, -0.2) is 4.99 Å². The summed E-state index contributed by atoms with van der Waals surface area (Å²) in [6, 6.07) is 8.79. The first-order valence-corrected chi connectivity index (χ1v) is 11.4. The smallest absolute Gasteiger partial charge is 0.191 e. The number of hydrogen-bond acceptors (Lipinski definition) is 4. The Labute approximate surface area is 176 Å². The number of morpholine rings is 1. The van der Waals surface area contributed by atoms with Crippen LogP contribution in [0.2, 0.25) is 0 Å². The van der Waals surface area contributed by atoms with E-state index in [1.807, 2.05) is 0 Å². The third-order valence-electron chi connectivity index (χ3n) is 5.90. The number of piperidine rings is 1. The fourth-order valence-corrected chi connectivity index (χ4v) is 3.94. The molecule has 0 saturated carbocycles. The molecule has 6 heteroatoms. The van der Waals surface area contributed by atoms with Gasteiger partial charge in [0.2, 0.25) is 0 Å². The van der Waals surface area contributed by atoms with E-state index < -0.39 is 0 Å². The molecule has 0 radical (unpaired) electrons. The maximum Gasteiger partial charge on any atom is 0.191 e. The van der Waals surface area contributed by atoms with Crippen molar-refractivity contribution in [2.24, 2.45) is 10.9 Å². The summed E-state index contributed by atoms with van der Waals surface area (Å²) in [5.41, 5.74) is 2.51. The number of benzene rings is 1. The van der Waals surface area contributed by atoms with E-state index in [9.17, 15) is 0 Å². The van der Waals surface area contributed by atoms with Crippen molar-refractivity contribution >= 4 is 11.6 Å². The van der Waals surface area contributed by atoms with Gasteiger partial charge in [-0.05, 0) is 69.4 Å². The molecule has 0 aromatic heterocycles. The maximum atomic E-state index is 5.44. The van der Waals surface area contributed by atoms with Crippen LogP contribution in [0.5, 0.6) is 0 Å². The predicted octanol–water partition coefficient (Wildman–Crippen LogP) is 2.70. The van der Waals surface area contributed by atoms with Crippen molar-refractivity contribution in [2.45, 2.75) is 39.7 Å². The summed E-state index contributed by atoms with van der Waals surface area (Å²) in [6.07, 6.45) is 3.86. The molecule has 0 unspecified atom stereocenters. The lowest BCUT2D eigenvalue weighted by Crippen LogP contribution is -2.39. The Morgan fingerprint density at radius 2 is 1.79 bits per heavy atom. The largest absolute Gasteiger partial charge is 0.378 e. The van der Waals surface area contributed by atoms with E-state index in [1.165, 1.54) is 43.7 Å². The van der Waals surface area contributed by atoms with E-state index in [0.29, 0.717) is 6.54 Å². The summed E-state index contributed by atoms with van der Waals surface area (Å²) >= 11 is 0. The number of nitrogens with one attached hydrogen (secondary N) is 2. The van der Waals surface area contributed by atoms with Crippen LogP contribution in [0.1, 0.15) is 38.7 Å². The monoisotopic (exact) mass is 401 g/mol. The van der Waals surface area contributed by atoms with E-state index in [0.717, 1.165) is 57.7 Å². The van der Waals surface area contributed by atoms with E-state index in [-0.39, 0.29) is 0 Å². The van der Waals surface area contributed by atoms with Crippen molar-refractivity contribution in [1.29, 1.82) is 0 Å². The van der Waals surface area contributed by atoms with Gasteiger partial charge < -0.3 is 25.2 Å². The number of ether oxygens (including phenoxy) is 1. The molecule has 1 aromatic rings. The number of guanidine groups is 1. The second kappa shape index (κ2) is 12.0. The lowest BCUT2D eigenvalue weighted by atomic mass is 9.99. The molecule has 0 atom stereocenters. The molecule has 0 bridgehead atoms. The summed E-state index contributed by atoms with van der Waals surface area (Å²) in [6.45, 7) is 14.3. The van der Waals surface area contributed by atoms with Gasteiger partial charge >= 0.3 is 0 Å². The van der Waals surface area contributed by atoms with Crippen molar-refractivity contribution in [1.82, 2.24) is 15.5 Å². The molecule has 0 amide bonds. The van der Waals surface area contributed by atoms with Crippen molar-refractivity contribution in [3.63, 3.8) is 0 Å². The summed E-state index contributed by atoms with van der Waals surface area (Å²) in [7, 11) is 0. The average molecular weight is 402 g/mol. The first kappa shape index (κ1) is 21.9. The van der Waals surface area contributed by atoms with Gasteiger partial charge in [0.1, 0.15) is 0 Å². The Morgan fingerprint density at radius 1 is 1.07 bits per heavy atom. The Balaban J connectivity index is 1.41. The number of rotatable bonds is 8. The molecule has 2 aliphatic rings. The molecule has 2 fully saturated rings. The Bertz CT molecular complexity index is 604. The third-order valence-corrected chi connectivity index (χ3v) is 5.90. The Morgan fingerprint density at radius 3 is 2.48 bits per heavy atom. The molecule has 6 nitrogen and oxygen atoms in total. The number of hydrogen-bond donors (Lipinski definition) is 2. The summed E-state index contributed by atoms with van der Waals surface area (Å²) in [4.78, 5) is 9.75. The lowest BCUT2D eigenvalue weighted by Gasteiger charge is -2.30. The molecule has 29 heavy (non-hydrogen) atoms. The van der Waals surface area contributed by atoms with Crippen LogP contribution in [0.25, 0.3) is 0 Å². The summed E-state index contributed by atoms with van der Waals surface area (Å²) in [5, 5.41) is 6.86. The van der Waals surface area contributed by atoms with Gasteiger partial charge in [-0.1, -0.05) is 19.1 Å². The minimum absolute atomic E-state index is 0.697. The lowest BCUT2D eigenvalue weighted by molar-refractivity contribution is 0.122. The number of anilines is 1. The van der Waals surface area contributed by atoms with Crippen LogP contribution < -0.4 is 15.5 Å². The van der Waals surface area contributed by atoms with Crippen molar-refractivity contribution < 1.29 is 4.74 Å². The van der Waals surface area contributed by atoms with E-state index in [1.54, 1.807) is 0 Å². The summed E-state index contributed by atoms with van der Waals surface area (Å²) < 4.78 is 5.44. The Hall–Kier alpha value is -1.79. The first-order chi connectivity index (χ1) is 14.2. The first-order valence-electron chi connectivity index (χ1n) is 11.4. The molecule has 2 saturated heterocycles. The highest BCUT2D eigenvalue weighted by Crippen LogP contribution is 2.17. The van der Waals surface area contributed by atoms with E-state index in [4.69, 9.17) is 9.73 Å². The fraction of sp³-hybridized carbons (Fsp3) is 0.696. The van der Waals surface area contributed by atoms with Crippen molar-refractivity contribution in [2.75, 3.05) is 63.9 Å². The molecule has 3 rings (SSSR count). The van der Waals surface area contributed by atoms with Gasteiger partial charge in [0, 0.05) is 31.9 Å². The third kappa shape index (κ3) is 7.52. The second-order valence-electron chi connectivity index (χ2n) is 8.27. The molecule has 0 aliphatic carbocycles. The average Bonchev–Trinajstić information content (AvgIpc) is 2.77. The van der Waals surface area contributed by atoms with E-state index >= 15 is 0 Å². The molecule has 2 aliphatic heterocycles. The highest BCUT2D eigenvalue weighted by molar-refractivity contribution is 5.79. The fourth-order valence-electron chi connectivity index (χ4n) is 3.94. The number of aliphatic imine (C=N–C) groups is 1. The van der Waals surface area contributed by atoms with Gasteiger partial charge in [-0.3, -0.25) is 0 Å². The van der Waals surface area contributed by atoms with Crippen molar-refractivity contribution in [3.8, 4) is 0 Å². The SMILES string of the molecule is CCNC(=NCc1ccc(N2CCOCC2)cc1)NCCCN1CCC(C)CC1. The van der Waals surface area contributed by atoms with Crippen LogP contribution in [-0.2, 0) is 11.3 Å². The van der Waals surface area contributed by atoms with Crippen LogP contribution in [0.15, 0.2) is 29.3 Å². The topological polar surface area (TPSA) is 52.1 Å². The molecule has 2 heterocycles. The maximum absolute atomic E-state index is 5.44. The van der Waals surface area contributed by atoms with Gasteiger partial charge in [0.15, 0.2) is 5.96 Å². The number of nitrogens with zero attached hydrogens (tertiary/aromatic N) is 3. The predicted molar refractivity (Wildman–Crippen MR) is 122 cm³/mol. The minimum atomic E-state index is 0.697. The highest BCUT2D eigenvalue weighted by Gasteiger charge is 2.14. The second-order valence-corrected chi connectivity index (χ2v) is 8.27. The van der Waals surface area contributed by atoms with Crippen LogP contribution >= 0.6 is 0 Å². The standard InChI is InChI=1S/C23H39N5O/c1-3-24-23(25-11-4-12-27-13-9-20(2)10-14-27)26-19-21-5-7-22(8-6-21)28-15-17-29-18-16-28/h5-8,20H,3-4,9-19H2,1-2H3,(H2,24,25,26). The molecular formula is C23H39N5O. The van der Waals surface area contributed by atoms with Crippen LogP contribution in [0, 0.1) is 5.92 Å². The number of likely N-dealkylation sites (tertiary alicyclic amines) is 1. The molecular weight excluding hydrogens is 362 g/mol. The summed E-state index contributed by atoms with van der Waals surface area (Å²) in [5.74, 6) is 1.82. The quantitative estimate of drug-likeness (QED) is 0.399. The van der Waals surface area contributed by atoms with Crippen LogP contribution in [0.4, 0.5) is 5.69 Å². The molecule has 2 N–H and O–H groups in total. The molecule has 0 spiro atoms. The van der Waals surface area contributed by atoms with E-state index in [2.05, 4.69) is 58.5 Å². The van der Waals surface area contributed by atoms with Crippen LogP contribution in [0.3, 0.4) is 0 Å². The van der Waals surface area contributed by atoms with Gasteiger partial charge in [-0.15, -0.1) is 0 Å². The van der Waals surface area contributed by atoms with Crippen molar-refractivity contribution in [3.05, 3.63) is 29.8 Å². The molecule has 1 aromatic carbocycles. The van der Waals surface area contributed by atoms with Gasteiger partial charge in [0.05, 0.1) is 19.8 Å². The zero-order chi connectivity index (χ0) is 20.3. The normalized spacial score (nSPS) is 19.4. The minimum Gasteiger partial charge on any atom is -0.378 e. The zero-order valence-corrected chi connectivity index (χ0v) is 18.3. The Kier molecular flexibility index (Phi) is 9.09. The van der Waals surface area contributed by atoms with Crippen LogP contribution in [-0.4, -0.2) is 69.9 Å².